The zero-order chi connectivity index (χ0) is 18.8. The van der Waals surface area contributed by atoms with Gasteiger partial charge in [0.05, 0.1) is 18.2 Å². The minimum atomic E-state index is -0.185. The first-order valence-corrected chi connectivity index (χ1v) is 9.74. The maximum atomic E-state index is 12.5. The van der Waals surface area contributed by atoms with E-state index in [-0.39, 0.29) is 11.8 Å². The van der Waals surface area contributed by atoms with Crippen molar-refractivity contribution >= 4 is 17.5 Å². The number of quaternary nitrogens is 1. The molecule has 1 atom stereocenters. The fourth-order valence-electron chi connectivity index (χ4n) is 4.03. The Bertz CT molecular complexity index is 806. The van der Waals surface area contributed by atoms with Gasteiger partial charge in [-0.3, -0.25) is 9.59 Å². The first-order chi connectivity index (χ1) is 13.1. The van der Waals surface area contributed by atoms with Crippen molar-refractivity contribution < 1.29 is 14.5 Å². The van der Waals surface area contributed by atoms with Gasteiger partial charge in [0.2, 0.25) is 0 Å². The second-order valence-electron chi connectivity index (χ2n) is 7.59. The molecule has 1 saturated heterocycles. The van der Waals surface area contributed by atoms with Crippen molar-refractivity contribution in [2.75, 3.05) is 31.7 Å². The van der Waals surface area contributed by atoms with Gasteiger partial charge in [-0.15, -0.1) is 0 Å². The van der Waals surface area contributed by atoms with Crippen LogP contribution in [0.5, 0.6) is 0 Å². The molecule has 2 amide bonds. The van der Waals surface area contributed by atoms with E-state index in [9.17, 15) is 9.59 Å². The van der Waals surface area contributed by atoms with E-state index in [1.54, 1.807) is 24.3 Å². The van der Waals surface area contributed by atoms with E-state index in [1.165, 1.54) is 35.4 Å². The molecular formula is C22H26N3O2+. The number of anilines is 1. The number of piperidine rings is 1. The predicted molar refractivity (Wildman–Crippen MR) is 105 cm³/mol. The molecule has 0 aromatic heterocycles. The van der Waals surface area contributed by atoms with E-state index in [0.717, 1.165) is 24.5 Å². The third kappa shape index (κ3) is 3.60. The molecule has 0 radical (unpaired) electrons. The van der Waals surface area contributed by atoms with Gasteiger partial charge in [0.25, 0.3) is 11.8 Å². The van der Waals surface area contributed by atoms with Crippen LogP contribution < -0.4 is 9.80 Å². The number of hydrogen-bond acceptors (Lipinski definition) is 3. The molecular weight excluding hydrogens is 338 g/mol. The molecule has 2 aliphatic heterocycles. The van der Waals surface area contributed by atoms with Crippen molar-refractivity contribution in [1.29, 1.82) is 0 Å². The third-order valence-electron chi connectivity index (χ3n) is 5.47. The van der Waals surface area contributed by atoms with Crippen LogP contribution in [0.4, 0.5) is 5.69 Å². The van der Waals surface area contributed by atoms with Gasteiger partial charge in [0.1, 0.15) is 6.54 Å². The minimum Gasteiger partial charge on any atom is -0.372 e. The van der Waals surface area contributed by atoms with Gasteiger partial charge in [-0.1, -0.05) is 24.3 Å². The molecule has 1 unspecified atom stereocenters. The molecule has 0 bridgehead atoms. The average Bonchev–Trinajstić information content (AvgIpc) is 2.94. The van der Waals surface area contributed by atoms with E-state index in [0.29, 0.717) is 17.8 Å². The molecule has 27 heavy (non-hydrogen) atoms. The molecule has 4 rings (SSSR count). The van der Waals surface area contributed by atoms with Crippen LogP contribution in [0.2, 0.25) is 0 Å². The van der Waals surface area contributed by atoms with Crippen LogP contribution in [0.1, 0.15) is 45.5 Å². The number of carbonyl (C=O) groups is 2. The van der Waals surface area contributed by atoms with Crippen LogP contribution in [0.3, 0.4) is 0 Å². The Hall–Kier alpha value is -2.66. The van der Waals surface area contributed by atoms with Crippen molar-refractivity contribution in [3.63, 3.8) is 0 Å². The Labute approximate surface area is 160 Å². The summed E-state index contributed by atoms with van der Waals surface area (Å²) < 4.78 is 0. The van der Waals surface area contributed by atoms with Gasteiger partial charge in [0, 0.05) is 24.3 Å². The lowest BCUT2D eigenvalue weighted by molar-refractivity contribution is -0.901. The highest BCUT2D eigenvalue weighted by molar-refractivity contribution is 6.21. The fraction of sp³-hybridized carbons (Fsp3) is 0.364. The number of nitrogens with zero attached hydrogens (tertiary/aromatic N) is 2. The van der Waals surface area contributed by atoms with Crippen molar-refractivity contribution in [2.45, 2.75) is 25.8 Å². The summed E-state index contributed by atoms with van der Waals surface area (Å²) >= 11 is 0. The molecule has 2 heterocycles. The summed E-state index contributed by atoms with van der Waals surface area (Å²) in [6, 6.07) is 15.8. The quantitative estimate of drug-likeness (QED) is 0.825. The second kappa shape index (κ2) is 7.53. The number of rotatable bonds is 5. The zero-order valence-corrected chi connectivity index (χ0v) is 15.8. The lowest BCUT2D eigenvalue weighted by Gasteiger charge is -2.29. The summed E-state index contributed by atoms with van der Waals surface area (Å²) in [5.41, 5.74) is 3.53. The van der Waals surface area contributed by atoms with Crippen LogP contribution in [0, 0.1) is 0 Å². The van der Waals surface area contributed by atoms with Crippen LogP contribution in [-0.4, -0.2) is 43.5 Å². The third-order valence-corrected chi connectivity index (χ3v) is 5.47. The maximum Gasteiger partial charge on any atom is 0.265 e. The van der Waals surface area contributed by atoms with Crippen LogP contribution >= 0.6 is 0 Å². The van der Waals surface area contributed by atoms with E-state index >= 15 is 0 Å². The Morgan fingerprint density at radius 3 is 2.04 bits per heavy atom. The van der Waals surface area contributed by atoms with Crippen LogP contribution in [0.25, 0.3) is 0 Å². The van der Waals surface area contributed by atoms with E-state index in [2.05, 4.69) is 29.2 Å². The highest BCUT2D eigenvalue weighted by atomic mass is 16.2. The molecule has 1 fully saturated rings. The molecule has 5 heteroatoms. The van der Waals surface area contributed by atoms with E-state index in [4.69, 9.17) is 0 Å². The molecule has 2 aliphatic rings. The van der Waals surface area contributed by atoms with Gasteiger partial charge < -0.3 is 9.80 Å². The van der Waals surface area contributed by atoms with E-state index in [1.807, 2.05) is 7.05 Å². The smallest absolute Gasteiger partial charge is 0.265 e. The summed E-state index contributed by atoms with van der Waals surface area (Å²) in [7, 11) is 2.02. The number of amides is 2. The number of carbonyl (C=O) groups excluding carboxylic acids is 2. The van der Waals surface area contributed by atoms with Gasteiger partial charge in [-0.2, -0.15) is 0 Å². The van der Waals surface area contributed by atoms with Crippen LogP contribution in [0.15, 0.2) is 48.5 Å². The summed E-state index contributed by atoms with van der Waals surface area (Å²) in [6.45, 7) is 3.43. The summed E-state index contributed by atoms with van der Waals surface area (Å²) in [5.74, 6) is -0.370. The molecule has 5 nitrogen and oxygen atoms in total. The summed E-state index contributed by atoms with van der Waals surface area (Å²) in [4.78, 5) is 29.9. The lowest BCUT2D eigenvalue weighted by atomic mass is 10.1. The summed E-state index contributed by atoms with van der Waals surface area (Å²) in [5, 5.41) is 0. The first kappa shape index (κ1) is 17.7. The SMILES string of the molecule is C[NH+](Cc1ccc(N2CCCCC2)cc1)CN1C(=O)c2ccccc2C1=O. The molecule has 1 N–H and O–H groups in total. The Morgan fingerprint density at radius 1 is 0.852 bits per heavy atom. The molecule has 0 saturated carbocycles. The Kier molecular flexibility index (Phi) is 4.94. The fourth-order valence-corrected chi connectivity index (χ4v) is 4.03. The topological polar surface area (TPSA) is 45.1 Å². The van der Waals surface area contributed by atoms with Crippen LogP contribution in [-0.2, 0) is 6.54 Å². The average molecular weight is 364 g/mol. The van der Waals surface area contributed by atoms with E-state index < -0.39 is 0 Å². The number of hydrogen-bond donors (Lipinski definition) is 1. The van der Waals surface area contributed by atoms with Crippen molar-refractivity contribution in [3.05, 3.63) is 65.2 Å². The maximum absolute atomic E-state index is 12.5. The molecule has 2 aromatic rings. The number of nitrogens with one attached hydrogen (secondary N) is 1. The Morgan fingerprint density at radius 2 is 1.44 bits per heavy atom. The minimum absolute atomic E-state index is 0.185. The lowest BCUT2D eigenvalue weighted by Crippen LogP contribution is -3.09. The van der Waals surface area contributed by atoms with Gasteiger partial charge >= 0.3 is 0 Å². The van der Waals surface area contributed by atoms with Gasteiger partial charge in [0.15, 0.2) is 6.67 Å². The standard InChI is InChI=1S/C22H25N3O2/c1-23(16-25-21(26)19-7-3-4-8-20(19)22(25)27)15-17-9-11-18(12-10-17)24-13-5-2-6-14-24/h3-4,7-12H,2,5-6,13-16H2,1H3/p+1. The van der Waals surface area contributed by atoms with Crippen molar-refractivity contribution in [2.24, 2.45) is 0 Å². The molecule has 140 valence electrons. The van der Waals surface area contributed by atoms with Crippen molar-refractivity contribution in [3.8, 4) is 0 Å². The monoisotopic (exact) mass is 364 g/mol. The molecule has 0 spiro atoms. The normalized spacial score (nSPS) is 18.0. The number of benzene rings is 2. The largest absolute Gasteiger partial charge is 0.372 e. The number of imide groups is 1. The molecule has 0 aliphatic carbocycles. The van der Waals surface area contributed by atoms with Gasteiger partial charge in [-0.25, -0.2) is 4.90 Å². The first-order valence-electron chi connectivity index (χ1n) is 9.74. The second-order valence-corrected chi connectivity index (χ2v) is 7.59. The van der Waals surface area contributed by atoms with Gasteiger partial charge in [-0.05, 0) is 43.5 Å². The summed E-state index contributed by atoms with van der Waals surface area (Å²) in [6.07, 6.45) is 3.88. The van der Waals surface area contributed by atoms with Crippen molar-refractivity contribution in [1.82, 2.24) is 4.90 Å². The highest BCUT2D eigenvalue weighted by Crippen LogP contribution is 2.22. The number of fused-ring (bicyclic) bond motifs is 1. The highest BCUT2D eigenvalue weighted by Gasteiger charge is 2.36. The predicted octanol–water partition coefficient (Wildman–Crippen LogP) is 1.95. The Balaban J connectivity index is 1.38. The molecule has 2 aromatic carbocycles. The zero-order valence-electron chi connectivity index (χ0n) is 15.8.